The van der Waals surface area contributed by atoms with Crippen molar-refractivity contribution in [1.29, 1.82) is 0 Å². The Hall–Kier alpha value is -0.500. The molecular formula is C6H10O2. The molecule has 0 spiro atoms. The first-order valence-corrected chi connectivity index (χ1v) is 2.81. The van der Waals surface area contributed by atoms with E-state index >= 15 is 0 Å². The molecule has 1 heterocycles. The molecule has 0 amide bonds. The number of hydrogen-bond donors (Lipinski definition) is 0. The quantitative estimate of drug-likeness (QED) is 0.503. The van der Waals surface area contributed by atoms with Crippen LogP contribution < -0.4 is 0 Å². The van der Waals surface area contributed by atoms with E-state index < -0.39 is 0 Å². The maximum atomic E-state index is 5.10. The third-order valence-electron chi connectivity index (χ3n) is 1.14. The molecule has 1 fully saturated rings. The van der Waals surface area contributed by atoms with Crippen molar-refractivity contribution in [1.82, 2.24) is 0 Å². The standard InChI is InChI=1S/C6H10O2/c1-2-7-6-4-3-5-8-6/h2,6H,1,3-5H2. The van der Waals surface area contributed by atoms with Crippen LogP contribution in [0.3, 0.4) is 0 Å². The molecule has 0 saturated carbocycles. The van der Waals surface area contributed by atoms with Crippen molar-refractivity contribution >= 4 is 0 Å². The average Bonchev–Trinajstić information content (AvgIpc) is 2.19. The number of hydrogen-bond acceptors (Lipinski definition) is 2. The summed E-state index contributed by atoms with van der Waals surface area (Å²) in [6.07, 6.45) is 3.54. The normalized spacial score (nSPS) is 27.8. The van der Waals surface area contributed by atoms with Crippen LogP contribution in [0.1, 0.15) is 12.8 Å². The maximum absolute atomic E-state index is 5.10. The van der Waals surface area contributed by atoms with Crippen LogP contribution in [0.5, 0.6) is 0 Å². The molecule has 0 aromatic rings. The van der Waals surface area contributed by atoms with Gasteiger partial charge in [-0.25, -0.2) is 0 Å². The molecule has 1 atom stereocenters. The Morgan fingerprint density at radius 3 is 3.12 bits per heavy atom. The van der Waals surface area contributed by atoms with Crippen molar-refractivity contribution in [2.24, 2.45) is 0 Å². The summed E-state index contributed by atoms with van der Waals surface area (Å²) in [4.78, 5) is 0. The molecule has 0 bridgehead atoms. The van der Waals surface area contributed by atoms with Gasteiger partial charge in [-0.15, -0.1) is 0 Å². The van der Waals surface area contributed by atoms with Crippen molar-refractivity contribution < 1.29 is 9.47 Å². The fourth-order valence-electron chi connectivity index (χ4n) is 0.763. The van der Waals surface area contributed by atoms with Gasteiger partial charge in [-0.2, -0.15) is 0 Å². The fraction of sp³-hybridized carbons (Fsp3) is 0.667. The minimum atomic E-state index is -0.00694. The molecule has 1 aliphatic heterocycles. The van der Waals surface area contributed by atoms with Crippen LogP contribution in [0.25, 0.3) is 0 Å². The lowest BCUT2D eigenvalue weighted by Gasteiger charge is -2.05. The predicted molar refractivity (Wildman–Crippen MR) is 30.3 cm³/mol. The Kier molecular flexibility index (Phi) is 1.92. The first-order valence-electron chi connectivity index (χ1n) is 2.81. The highest BCUT2D eigenvalue weighted by Gasteiger charge is 2.13. The van der Waals surface area contributed by atoms with E-state index in [9.17, 15) is 0 Å². The van der Waals surface area contributed by atoms with Crippen LogP contribution in [-0.4, -0.2) is 12.9 Å². The van der Waals surface area contributed by atoms with E-state index in [0.717, 1.165) is 19.4 Å². The van der Waals surface area contributed by atoms with E-state index in [1.165, 1.54) is 6.26 Å². The SMILES string of the molecule is C=COC1CCCO1. The topological polar surface area (TPSA) is 18.5 Å². The van der Waals surface area contributed by atoms with Crippen molar-refractivity contribution in [3.05, 3.63) is 12.8 Å². The van der Waals surface area contributed by atoms with Crippen LogP contribution >= 0.6 is 0 Å². The molecule has 1 aliphatic rings. The van der Waals surface area contributed by atoms with Gasteiger partial charge in [0.05, 0.1) is 12.9 Å². The van der Waals surface area contributed by atoms with Gasteiger partial charge in [0.2, 0.25) is 0 Å². The lowest BCUT2D eigenvalue weighted by Crippen LogP contribution is -2.04. The van der Waals surface area contributed by atoms with E-state index in [1.54, 1.807) is 0 Å². The second-order valence-corrected chi connectivity index (χ2v) is 1.75. The Labute approximate surface area is 49.1 Å². The number of ether oxygens (including phenoxy) is 2. The van der Waals surface area contributed by atoms with E-state index in [4.69, 9.17) is 9.47 Å². The minimum Gasteiger partial charge on any atom is -0.473 e. The van der Waals surface area contributed by atoms with Crippen molar-refractivity contribution in [3.63, 3.8) is 0 Å². The smallest absolute Gasteiger partial charge is 0.198 e. The molecule has 8 heavy (non-hydrogen) atoms. The second kappa shape index (κ2) is 2.72. The summed E-state index contributed by atoms with van der Waals surface area (Å²) >= 11 is 0. The largest absolute Gasteiger partial charge is 0.473 e. The monoisotopic (exact) mass is 114 g/mol. The highest BCUT2D eigenvalue weighted by molar-refractivity contribution is 4.58. The molecule has 0 aromatic heterocycles. The van der Waals surface area contributed by atoms with Gasteiger partial charge in [-0.1, -0.05) is 6.58 Å². The summed E-state index contributed by atoms with van der Waals surface area (Å²) in [5.41, 5.74) is 0. The molecule has 0 N–H and O–H groups in total. The highest BCUT2D eigenvalue weighted by atomic mass is 16.7. The van der Waals surface area contributed by atoms with E-state index in [-0.39, 0.29) is 6.29 Å². The van der Waals surface area contributed by atoms with Gasteiger partial charge >= 0.3 is 0 Å². The van der Waals surface area contributed by atoms with Crippen LogP contribution in [0, 0.1) is 0 Å². The summed E-state index contributed by atoms with van der Waals surface area (Å²) < 4.78 is 10.0. The van der Waals surface area contributed by atoms with Crippen LogP contribution in [-0.2, 0) is 9.47 Å². The van der Waals surface area contributed by atoms with Gasteiger partial charge in [0.15, 0.2) is 6.29 Å². The van der Waals surface area contributed by atoms with E-state index in [1.807, 2.05) is 0 Å². The molecule has 1 unspecified atom stereocenters. The summed E-state index contributed by atoms with van der Waals surface area (Å²) in [5.74, 6) is 0. The van der Waals surface area contributed by atoms with E-state index in [0.29, 0.717) is 0 Å². The second-order valence-electron chi connectivity index (χ2n) is 1.75. The van der Waals surface area contributed by atoms with Gasteiger partial charge in [0.25, 0.3) is 0 Å². The van der Waals surface area contributed by atoms with E-state index in [2.05, 4.69) is 6.58 Å². The summed E-state index contributed by atoms with van der Waals surface area (Å²) in [7, 11) is 0. The van der Waals surface area contributed by atoms with Crippen molar-refractivity contribution in [3.8, 4) is 0 Å². The number of rotatable bonds is 2. The van der Waals surface area contributed by atoms with Gasteiger partial charge in [0.1, 0.15) is 0 Å². The third kappa shape index (κ3) is 1.23. The zero-order valence-electron chi connectivity index (χ0n) is 4.80. The lowest BCUT2D eigenvalue weighted by atomic mass is 10.4. The molecule has 46 valence electrons. The van der Waals surface area contributed by atoms with Crippen LogP contribution in [0.2, 0.25) is 0 Å². The average molecular weight is 114 g/mol. The molecule has 0 aromatic carbocycles. The van der Waals surface area contributed by atoms with Gasteiger partial charge in [0, 0.05) is 6.42 Å². The molecule has 0 radical (unpaired) electrons. The Morgan fingerprint density at radius 1 is 1.75 bits per heavy atom. The third-order valence-corrected chi connectivity index (χ3v) is 1.14. The first-order chi connectivity index (χ1) is 3.93. The molecule has 1 saturated heterocycles. The van der Waals surface area contributed by atoms with Crippen molar-refractivity contribution in [2.45, 2.75) is 19.1 Å². The highest BCUT2D eigenvalue weighted by Crippen LogP contribution is 2.12. The fourth-order valence-corrected chi connectivity index (χ4v) is 0.763. The molecular weight excluding hydrogens is 104 g/mol. The zero-order valence-corrected chi connectivity index (χ0v) is 4.80. The van der Waals surface area contributed by atoms with Crippen LogP contribution in [0.15, 0.2) is 12.8 Å². The molecule has 0 aliphatic carbocycles. The lowest BCUT2D eigenvalue weighted by molar-refractivity contribution is -0.0678. The van der Waals surface area contributed by atoms with Gasteiger partial charge in [-0.3, -0.25) is 0 Å². The van der Waals surface area contributed by atoms with Gasteiger partial charge in [-0.05, 0) is 6.42 Å². The molecule has 1 rings (SSSR count). The molecule has 2 heteroatoms. The maximum Gasteiger partial charge on any atom is 0.198 e. The van der Waals surface area contributed by atoms with Crippen LogP contribution in [0.4, 0.5) is 0 Å². The minimum absolute atomic E-state index is 0.00694. The molecule has 2 nitrogen and oxygen atoms in total. The van der Waals surface area contributed by atoms with Gasteiger partial charge < -0.3 is 9.47 Å². The van der Waals surface area contributed by atoms with Crippen molar-refractivity contribution in [2.75, 3.05) is 6.61 Å². The summed E-state index contributed by atoms with van der Waals surface area (Å²) in [6, 6.07) is 0. The summed E-state index contributed by atoms with van der Waals surface area (Å²) in [5, 5.41) is 0. The Morgan fingerprint density at radius 2 is 2.62 bits per heavy atom. The predicted octanol–water partition coefficient (Wildman–Crippen LogP) is 1.28. The Balaban J connectivity index is 2.14. The zero-order chi connectivity index (χ0) is 5.82. The first kappa shape index (κ1) is 5.63. The Bertz CT molecular complexity index is 74.6. The summed E-state index contributed by atoms with van der Waals surface area (Å²) in [6.45, 7) is 4.25.